The summed E-state index contributed by atoms with van der Waals surface area (Å²) < 4.78 is 27.9. The van der Waals surface area contributed by atoms with Crippen LogP contribution in [0.5, 0.6) is 0 Å². The van der Waals surface area contributed by atoms with Crippen molar-refractivity contribution in [3.63, 3.8) is 0 Å². The lowest BCUT2D eigenvalue weighted by Crippen LogP contribution is -2.47. The molecule has 0 aromatic rings. The van der Waals surface area contributed by atoms with Gasteiger partial charge in [0.25, 0.3) is 0 Å². The lowest BCUT2D eigenvalue weighted by atomic mass is 9.89. The van der Waals surface area contributed by atoms with Crippen LogP contribution in [0.15, 0.2) is 0 Å². The zero-order valence-corrected chi connectivity index (χ0v) is 10.2. The van der Waals surface area contributed by atoms with Crippen LogP contribution in [0.3, 0.4) is 0 Å². The minimum absolute atomic E-state index is 0.223. The topological polar surface area (TPSA) is 69.4 Å². The van der Waals surface area contributed by atoms with Crippen molar-refractivity contribution >= 4 is 9.84 Å². The fraction of sp³-hybridized carbons (Fsp3) is 1.00. The molecule has 1 saturated heterocycles. The first-order chi connectivity index (χ1) is 6.97. The van der Waals surface area contributed by atoms with Crippen LogP contribution < -0.4 is 5.73 Å². The van der Waals surface area contributed by atoms with E-state index in [1.165, 1.54) is 0 Å². The van der Waals surface area contributed by atoms with Crippen molar-refractivity contribution in [2.24, 2.45) is 5.73 Å². The highest BCUT2D eigenvalue weighted by atomic mass is 32.2. The second-order valence-corrected chi connectivity index (χ2v) is 6.83. The lowest BCUT2D eigenvalue weighted by molar-refractivity contribution is 0.0343. The van der Waals surface area contributed by atoms with Crippen LogP contribution in [0.4, 0.5) is 0 Å². The quantitative estimate of drug-likeness (QED) is 0.762. The summed E-state index contributed by atoms with van der Waals surface area (Å²) in [5.74, 6) is 0.476. The van der Waals surface area contributed by atoms with Gasteiger partial charge >= 0.3 is 0 Å². The van der Waals surface area contributed by atoms with Gasteiger partial charge in [-0.05, 0) is 25.7 Å². The Morgan fingerprint density at radius 1 is 1.47 bits per heavy atom. The van der Waals surface area contributed by atoms with Crippen molar-refractivity contribution in [3.05, 3.63) is 0 Å². The summed E-state index contributed by atoms with van der Waals surface area (Å²) in [4.78, 5) is 0. The summed E-state index contributed by atoms with van der Waals surface area (Å²) in [7, 11) is -2.84. The molecule has 1 unspecified atom stereocenters. The summed E-state index contributed by atoms with van der Waals surface area (Å²) in [6, 6.07) is 0. The van der Waals surface area contributed by atoms with Crippen LogP contribution in [-0.4, -0.2) is 38.7 Å². The molecule has 1 rings (SSSR count). The normalized spacial score (nSPS) is 27.9. The van der Waals surface area contributed by atoms with E-state index in [2.05, 4.69) is 0 Å². The van der Waals surface area contributed by atoms with Crippen LogP contribution in [-0.2, 0) is 14.6 Å². The molecule has 0 saturated carbocycles. The van der Waals surface area contributed by atoms with Gasteiger partial charge in [-0.3, -0.25) is 0 Å². The first-order valence-corrected chi connectivity index (χ1v) is 7.37. The van der Waals surface area contributed by atoms with E-state index in [4.69, 9.17) is 10.5 Å². The van der Waals surface area contributed by atoms with Gasteiger partial charge in [-0.15, -0.1) is 0 Å². The monoisotopic (exact) mass is 235 g/mol. The highest BCUT2D eigenvalue weighted by Crippen LogP contribution is 2.21. The molecule has 90 valence electrons. The van der Waals surface area contributed by atoms with Crippen molar-refractivity contribution in [2.75, 3.05) is 24.7 Å². The Hall–Kier alpha value is -0.130. The van der Waals surface area contributed by atoms with E-state index >= 15 is 0 Å². The fourth-order valence-electron chi connectivity index (χ4n) is 1.86. The number of hydrogen-bond acceptors (Lipinski definition) is 4. The molecule has 1 fully saturated rings. The van der Waals surface area contributed by atoms with Gasteiger partial charge in [0.05, 0.1) is 12.4 Å². The molecule has 0 aliphatic carbocycles. The molecule has 1 aliphatic rings. The molecule has 0 bridgehead atoms. The van der Waals surface area contributed by atoms with Crippen LogP contribution in [0.25, 0.3) is 0 Å². The van der Waals surface area contributed by atoms with E-state index in [1.807, 2.05) is 0 Å². The van der Waals surface area contributed by atoms with E-state index in [9.17, 15) is 8.42 Å². The third kappa shape index (κ3) is 4.49. The van der Waals surface area contributed by atoms with Gasteiger partial charge in [0.15, 0.2) is 0 Å². The number of nitrogens with two attached hydrogens (primary N) is 1. The third-order valence-electron chi connectivity index (χ3n) is 2.92. The molecule has 2 N–H and O–H groups in total. The average molecular weight is 235 g/mol. The van der Waals surface area contributed by atoms with Crippen molar-refractivity contribution in [1.29, 1.82) is 0 Å². The van der Waals surface area contributed by atoms with Gasteiger partial charge in [-0.2, -0.15) is 0 Å². The maximum Gasteiger partial charge on any atom is 0.150 e. The third-order valence-corrected chi connectivity index (χ3v) is 4.71. The zero-order valence-electron chi connectivity index (χ0n) is 9.37. The molecule has 5 heteroatoms. The summed E-state index contributed by atoms with van der Waals surface area (Å²) in [6.45, 7) is 3.03. The Kier molecular flexibility index (Phi) is 4.55. The van der Waals surface area contributed by atoms with Gasteiger partial charge in [0.1, 0.15) is 9.84 Å². The Balaban J connectivity index is 2.30. The predicted octanol–water partition coefficient (Wildman–Crippen LogP) is 0.709. The van der Waals surface area contributed by atoms with Gasteiger partial charge in [0, 0.05) is 17.9 Å². The molecule has 0 radical (unpaired) electrons. The smallest absolute Gasteiger partial charge is 0.150 e. The van der Waals surface area contributed by atoms with Crippen molar-refractivity contribution < 1.29 is 13.2 Å². The number of ether oxygens (including phenoxy) is 1. The predicted molar refractivity (Wildman–Crippen MR) is 60.5 cm³/mol. The van der Waals surface area contributed by atoms with Crippen LogP contribution in [0.2, 0.25) is 0 Å². The first-order valence-electron chi connectivity index (χ1n) is 5.54. The average Bonchev–Trinajstić information content (AvgIpc) is 2.18. The number of sulfone groups is 1. The first kappa shape index (κ1) is 12.9. The molecular formula is C10H21NO3S. The summed E-state index contributed by atoms with van der Waals surface area (Å²) in [5.41, 5.74) is 5.82. The van der Waals surface area contributed by atoms with Gasteiger partial charge in [0.2, 0.25) is 0 Å². The van der Waals surface area contributed by atoms with Crippen LogP contribution in [0.1, 0.15) is 32.6 Å². The summed E-state index contributed by atoms with van der Waals surface area (Å²) in [6.07, 6.45) is 3.32. The van der Waals surface area contributed by atoms with E-state index in [0.717, 1.165) is 25.9 Å². The molecule has 0 spiro atoms. The van der Waals surface area contributed by atoms with E-state index in [0.29, 0.717) is 13.0 Å². The second-order valence-electron chi connectivity index (χ2n) is 4.36. The molecule has 15 heavy (non-hydrogen) atoms. The van der Waals surface area contributed by atoms with Crippen molar-refractivity contribution in [3.8, 4) is 0 Å². The number of hydrogen-bond donors (Lipinski definition) is 1. The SMILES string of the molecule is CCS(=O)(=O)CCCC1(N)CCCOC1. The Labute approximate surface area is 92.1 Å². The molecule has 0 amide bonds. The standard InChI is InChI=1S/C10H21NO3S/c1-2-15(12,13)8-4-6-10(11)5-3-7-14-9-10/h2-9,11H2,1H3. The molecule has 1 atom stereocenters. The Morgan fingerprint density at radius 2 is 2.20 bits per heavy atom. The molecule has 0 aromatic heterocycles. The lowest BCUT2D eigenvalue weighted by Gasteiger charge is -2.33. The molecule has 0 aromatic carbocycles. The van der Waals surface area contributed by atoms with Crippen LogP contribution >= 0.6 is 0 Å². The fourth-order valence-corrected chi connectivity index (χ4v) is 2.73. The Bertz CT molecular complexity index is 281. The van der Waals surface area contributed by atoms with Gasteiger partial charge < -0.3 is 10.5 Å². The molecule has 1 heterocycles. The highest BCUT2D eigenvalue weighted by molar-refractivity contribution is 7.91. The molecule has 4 nitrogen and oxygen atoms in total. The van der Waals surface area contributed by atoms with Gasteiger partial charge in [-0.25, -0.2) is 8.42 Å². The summed E-state index contributed by atoms with van der Waals surface area (Å²) >= 11 is 0. The number of rotatable bonds is 5. The van der Waals surface area contributed by atoms with E-state index in [1.54, 1.807) is 6.92 Å². The van der Waals surface area contributed by atoms with Crippen molar-refractivity contribution in [1.82, 2.24) is 0 Å². The summed E-state index contributed by atoms with van der Waals surface area (Å²) in [5, 5.41) is 0. The molecule has 1 aliphatic heterocycles. The van der Waals surface area contributed by atoms with Crippen LogP contribution in [0, 0.1) is 0 Å². The Morgan fingerprint density at radius 3 is 2.73 bits per heavy atom. The minimum atomic E-state index is -2.84. The maximum atomic E-state index is 11.3. The van der Waals surface area contributed by atoms with E-state index < -0.39 is 9.84 Å². The largest absolute Gasteiger partial charge is 0.380 e. The zero-order chi connectivity index (χ0) is 11.4. The van der Waals surface area contributed by atoms with Gasteiger partial charge in [-0.1, -0.05) is 6.92 Å². The maximum absolute atomic E-state index is 11.3. The minimum Gasteiger partial charge on any atom is -0.380 e. The second kappa shape index (κ2) is 5.27. The van der Waals surface area contributed by atoms with Crippen molar-refractivity contribution in [2.45, 2.75) is 38.1 Å². The van der Waals surface area contributed by atoms with E-state index in [-0.39, 0.29) is 17.0 Å². The highest BCUT2D eigenvalue weighted by Gasteiger charge is 2.28. The molecular weight excluding hydrogens is 214 g/mol.